The van der Waals surface area contributed by atoms with Crippen LogP contribution in [0, 0.1) is 0 Å². The number of carboxylic acid groups (broad SMARTS) is 1. The minimum atomic E-state index is -1.22. The Morgan fingerprint density at radius 1 is 1.30 bits per heavy atom. The van der Waals surface area contributed by atoms with Gasteiger partial charge in [0.2, 0.25) is 0 Å². The second kappa shape index (κ2) is 5.56. The smallest absolute Gasteiger partial charge is 0.322 e. The number of pyridine rings is 1. The van der Waals surface area contributed by atoms with Crippen molar-refractivity contribution in [2.75, 3.05) is 6.54 Å². The molecule has 0 radical (unpaired) electrons. The van der Waals surface area contributed by atoms with Gasteiger partial charge in [-0.05, 0) is 12.1 Å². The molecule has 0 spiro atoms. The van der Waals surface area contributed by atoms with E-state index in [1.807, 2.05) is 0 Å². The first-order valence-electron chi connectivity index (χ1n) is 6.24. The summed E-state index contributed by atoms with van der Waals surface area (Å²) in [6, 6.07) is 2.96. The van der Waals surface area contributed by atoms with Crippen molar-refractivity contribution in [1.82, 2.24) is 19.9 Å². The molecule has 118 valence electrons. The van der Waals surface area contributed by atoms with Crippen molar-refractivity contribution in [2.24, 2.45) is 0 Å². The van der Waals surface area contributed by atoms with Crippen LogP contribution in [0.1, 0.15) is 10.5 Å². The number of rotatable bonds is 3. The SMILES string of the molecule is O=C(O)CNC(=O)c1c(O)c2ccc(Cl)c(Cl)c2c2ncnn12. The van der Waals surface area contributed by atoms with Crippen molar-refractivity contribution in [3.8, 4) is 5.75 Å². The summed E-state index contributed by atoms with van der Waals surface area (Å²) >= 11 is 12.1. The Morgan fingerprint density at radius 2 is 2.04 bits per heavy atom. The van der Waals surface area contributed by atoms with E-state index in [0.29, 0.717) is 5.39 Å². The molecule has 1 aromatic carbocycles. The molecule has 0 unspecified atom stereocenters. The summed E-state index contributed by atoms with van der Waals surface area (Å²) in [6.07, 6.45) is 1.18. The molecule has 0 fully saturated rings. The third-order valence-corrected chi connectivity index (χ3v) is 3.98. The molecular weight excluding hydrogens is 347 g/mol. The van der Waals surface area contributed by atoms with Crippen LogP contribution in [-0.4, -0.2) is 43.2 Å². The van der Waals surface area contributed by atoms with Gasteiger partial charge in [0.25, 0.3) is 5.91 Å². The van der Waals surface area contributed by atoms with E-state index >= 15 is 0 Å². The summed E-state index contributed by atoms with van der Waals surface area (Å²) in [4.78, 5) is 26.8. The van der Waals surface area contributed by atoms with Gasteiger partial charge in [0.1, 0.15) is 12.9 Å². The highest BCUT2D eigenvalue weighted by molar-refractivity contribution is 6.46. The summed E-state index contributed by atoms with van der Waals surface area (Å²) < 4.78 is 1.08. The van der Waals surface area contributed by atoms with E-state index in [2.05, 4.69) is 15.4 Å². The van der Waals surface area contributed by atoms with E-state index in [0.717, 1.165) is 4.52 Å². The molecule has 0 saturated heterocycles. The van der Waals surface area contributed by atoms with Crippen LogP contribution in [0.4, 0.5) is 0 Å². The fourth-order valence-electron chi connectivity index (χ4n) is 2.21. The zero-order chi connectivity index (χ0) is 16.7. The molecule has 0 aliphatic heterocycles. The van der Waals surface area contributed by atoms with Gasteiger partial charge in [-0.1, -0.05) is 23.2 Å². The van der Waals surface area contributed by atoms with Crippen LogP contribution in [0.25, 0.3) is 16.4 Å². The van der Waals surface area contributed by atoms with Crippen LogP contribution in [0.2, 0.25) is 10.0 Å². The second-order valence-corrected chi connectivity index (χ2v) is 5.34. The van der Waals surface area contributed by atoms with Crippen molar-refractivity contribution in [3.63, 3.8) is 0 Å². The lowest BCUT2D eigenvalue weighted by Crippen LogP contribution is -2.31. The topological polar surface area (TPSA) is 117 Å². The van der Waals surface area contributed by atoms with Crippen LogP contribution < -0.4 is 5.32 Å². The van der Waals surface area contributed by atoms with E-state index in [1.54, 1.807) is 0 Å². The quantitative estimate of drug-likeness (QED) is 0.659. The van der Waals surface area contributed by atoms with E-state index in [1.165, 1.54) is 18.5 Å². The highest BCUT2D eigenvalue weighted by atomic mass is 35.5. The van der Waals surface area contributed by atoms with Gasteiger partial charge in [-0.15, -0.1) is 0 Å². The zero-order valence-corrected chi connectivity index (χ0v) is 12.8. The number of halogens is 2. The third kappa shape index (κ3) is 2.41. The van der Waals surface area contributed by atoms with Crippen LogP contribution in [0.3, 0.4) is 0 Å². The maximum Gasteiger partial charge on any atom is 0.322 e. The predicted molar refractivity (Wildman–Crippen MR) is 82.1 cm³/mol. The van der Waals surface area contributed by atoms with Crippen LogP contribution in [0.15, 0.2) is 18.5 Å². The molecule has 2 heterocycles. The highest BCUT2D eigenvalue weighted by Crippen LogP contribution is 2.38. The summed E-state index contributed by atoms with van der Waals surface area (Å²) in [7, 11) is 0. The highest BCUT2D eigenvalue weighted by Gasteiger charge is 2.23. The fourth-order valence-corrected chi connectivity index (χ4v) is 2.62. The number of carboxylic acids is 1. The molecular formula is C13H8Cl2N4O4. The number of nitrogens with zero attached hydrogens (tertiary/aromatic N) is 3. The van der Waals surface area contributed by atoms with Crippen LogP contribution >= 0.6 is 23.2 Å². The van der Waals surface area contributed by atoms with Gasteiger partial charge >= 0.3 is 5.97 Å². The molecule has 0 bridgehead atoms. The van der Waals surface area contributed by atoms with Gasteiger partial charge in [-0.25, -0.2) is 9.50 Å². The van der Waals surface area contributed by atoms with E-state index < -0.39 is 24.2 Å². The zero-order valence-electron chi connectivity index (χ0n) is 11.2. The number of carbonyl (C=O) groups is 2. The van der Waals surface area contributed by atoms with Gasteiger partial charge in [-0.3, -0.25) is 9.59 Å². The maximum absolute atomic E-state index is 12.2. The summed E-state index contributed by atoms with van der Waals surface area (Å²) in [5.74, 6) is -2.43. The summed E-state index contributed by atoms with van der Waals surface area (Å²) in [5, 5.41) is 26.1. The number of nitrogens with one attached hydrogen (secondary N) is 1. The second-order valence-electron chi connectivity index (χ2n) is 4.55. The number of benzene rings is 1. The Bertz CT molecular complexity index is 970. The molecule has 23 heavy (non-hydrogen) atoms. The standard InChI is InChI=1S/C13H8Cl2N4O4/c14-6-2-1-5-8(9(6)15)12-17-4-18-19(12)10(11(5)22)13(23)16-3-7(20)21/h1-2,4,22H,3H2,(H,16,23)(H,20,21). The minimum Gasteiger partial charge on any atom is -0.505 e. The largest absolute Gasteiger partial charge is 0.505 e. The first-order chi connectivity index (χ1) is 10.9. The van der Waals surface area contributed by atoms with Crippen molar-refractivity contribution in [3.05, 3.63) is 34.2 Å². The molecule has 0 atom stereocenters. The molecule has 8 nitrogen and oxygen atoms in total. The van der Waals surface area contributed by atoms with Crippen molar-refractivity contribution >= 4 is 51.5 Å². The number of aromatic nitrogens is 3. The molecule has 2 aromatic heterocycles. The van der Waals surface area contributed by atoms with Crippen molar-refractivity contribution in [2.45, 2.75) is 0 Å². The van der Waals surface area contributed by atoms with Gasteiger partial charge in [0.05, 0.1) is 15.4 Å². The Balaban J connectivity index is 2.32. The number of amides is 1. The van der Waals surface area contributed by atoms with Crippen LogP contribution in [0.5, 0.6) is 5.75 Å². The monoisotopic (exact) mass is 354 g/mol. The van der Waals surface area contributed by atoms with Crippen LogP contribution in [-0.2, 0) is 4.79 Å². The average molecular weight is 355 g/mol. The Labute approximate surface area is 138 Å². The average Bonchev–Trinajstić information content (AvgIpc) is 2.97. The first kappa shape index (κ1) is 15.3. The third-order valence-electron chi connectivity index (χ3n) is 3.17. The van der Waals surface area contributed by atoms with E-state index in [4.69, 9.17) is 28.3 Å². The molecule has 0 aliphatic rings. The molecule has 3 aromatic rings. The number of aliphatic carboxylic acids is 1. The van der Waals surface area contributed by atoms with E-state index in [9.17, 15) is 14.7 Å². The van der Waals surface area contributed by atoms with E-state index in [-0.39, 0.29) is 26.8 Å². The van der Waals surface area contributed by atoms with Gasteiger partial charge < -0.3 is 15.5 Å². The molecule has 3 N–H and O–H groups in total. The molecule has 10 heteroatoms. The summed E-state index contributed by atoms with van der Waals surface area (Å²) in [6.45, 7) is -0.603. The van der Waals surface area contributed by atoms with Gasteiger partial charge in [0, 0.05) is 5.39 Å². The molecule has 3 rings (SSSR count). The lowest BCUT2D eigenvalue weighted by atomic mass is 10.1. The Kier molecular flexibility index (Phi) is 3.70. The number of hydrogen-bond donors (Lipinski definition) is 3. The van der Waals surface area contributed by atoms with Crippen molar-refractivity contribution in [1.29, 1.82) is 0 Å². The number of fused-ring (bicyclic) bond motifs is 3. The normalized spacial score (nSPS) is 11.0. The number of carbonyl (C=O) groups excluding carboxylic acids is 1. The Morgan fingerprint density at radius 3 is 2.74 bits per heavy atom. The predicted octanol–water partition coefficient (Wildman–Crippen LogP) is 1.71. The molecule has 0 saturated carbocycles. The molecule has 1 amide bonds. The van der Waals surface area contributed by atoms with Gasteiger partial charge in [-0.2, -0.15) is 5.10 Å². The Hall–Kier alpha value is -2.58. The molecule has 0 aliphatic carbocycles. The number of hydrogen-bond acceptors (Lipinski definition) is 5. The van der Waals surface area contributed by atoms with Gasteiger partial charge in [0.15, 0.2) is 17.1 Å². The fraction of sp³-hybridized carbons (Fsp3) is 0.0769. The lowest BCUT2D eigenvalue weighted by Gasteiger charge is -2.12. The summed E-state index contributed by atoms with van der Waals surface area (Å²) in [5.41, 5.74) is -0.0320. The maximum atomic E-state index is 12.2. The van der Waals surface area contributed by atoms with Crippen molar-refractivity contribution < 1.29 is 19.8 Å². The minimum absolute atomic E-state index is 0.162. The first-order valence-corrected chi connectivity index (χ1v) is 6.99. The number of aromatic hydroxyl groups is 1. The lowest BCUT2D eigenvalue weighted by molar-refractivity contribution is -0.135.